The smallest absolute Gasteiger partial charge is 0.228 e. The highest BCUT2D eigenvalue weighted by Gasteiger charge is 2.48. The molecule has 1 saturated heterocycles. The Morgan fingerprint density at radius 1 is 1.12 bits per heavy atom. The molecule has 0 radical (unpaired) electrons. The van der Waals surface area contributed by atoms with Crippen LogP contribution in [-0.4, -0.2) is 37.8 Å². The van der Waals surface area contributed by atoms with Crippen LogP contribution >= 0.6 is 0 Å². The number of nitrogens with one attached hydrogen (secondary N) is 2. The Morgan fingerprint density at radius 2 is 1.79 bits per heavy atom. The minimum Gasteiger partial charge on any atom is -0.352 e. The van der Waals surface area contributed by atoms with Crippen LogP contribution in [0.25, 0.3) is 0 Å². The number of rotatable bonds is 5. The van der Waals surface area contributed by atoms with Crippen molar-refractivity contribution >= 4 is 27.3 Å². The predicted octanol–water partition coefficient (Wildman–Crippen LogP) is 1.13. The maximum Gasteiger partial charge on any atom is 0.228 e. The molecule has 3 rings (SSSR count). The molecule has 1 saturated carbocycles. The van der Waals surface area contributed by atoms with Gasteiger partial charge in [0, 0.05) is 11.7 Å². The fraction of sp³-hybridized carbons (Fsp3) is 0.529. The molecule has 2 aliphatic rings. The van der Waals surface area contributed by atoms with Crippen molar-refractivity contribution in [1.29, 1.82) is 0 Å². The summed E-state index contributed by atoms with van der Waals surface area (Å²) in [4.78, 5) is 24.3. The molecule has 0 aromatic heterocycles. The van der Waals surface area contributed by atoms with Gasteiger partial charge in [0.05, 0.1) is 23.3 Å². The van der Waals surface area contributed by atoms with Gasteiger partial charge in [-0.1, -0.05) is 19.1 Å². The second-order valence-corrected chi connectivity index (χ2v) is 8.83. The zero-order valence-electron chi connectivity index (χ0n) is 13.6. The van der Waals surface area contributed by atoms with Crippen molar-refractivity contribution in [3.63, 3.8) is 0 Å². The lowest BCUT2D eigenvalue weighted by Gasteiger charge is -2.10. The van der Waals surface area contributed by atoms with Crippen LogP contribution in [0.2, 0.25) is 0 Å². The number of carbonyl (C=O) groups excluding carboxylic acids is 2. The fourth-order valence-electron chi connectivity index (χ4n) is 3.05. The monoisotopic (exact) mass is 350 g/mol. The van der Waals surface area contributed by atoms with Gasteiger partial charge in [0.2, 0.25) is 11.8 Å². The highest BCUT2D eigenvalue weighted by atomic mass is 32.2. The van der Waals surface area contributed by atoms with Crippen molar-refractivity contribution in [3.8, 4) is 0 Å². The molecule has 1 heterocycles. The van der Waals surface area contributed by atoms with Crippen molar-refractivity contribution in [1.82, 2.24) is 5.32 Å². The van der Waals surface area contributed by atoms with Crippen LogP contribution in [0.4, 0.5) is 5.69 Å². The largest absolute Gasteiger partial charge is 0.352 e. The molecule has 130 valence electrons. The van der Waals surface area contributed by atoms with Crippen molar-refractivity contribution in [3.05, 3.63) is 29.8 Å². The van der Waals surface area contributed by atoms with Gasteiger partial charge < -0.3 is 10.6 Å². The van der Waals surface area contributed by atoms with Gasteiger partial charge in [-0.05, 0) is 37.0 Å². The van der Waals surface area contributed by atoms with Crippen molar-refractivity contribution in [2.24, 2.45) is 11.8 Å². The van der Waals surface area contributed by atoms with Gasteiger partial charge in [0.25, 0.3) is 0 Å². The lowest BCUT2D eigenvalue weighted by atomic mass is 10.1. The standard InChI is InChI=1S/C17H22N2O4S/c1-2-11-3-5-12(6-4-11)18-16(20)14-9-15(14)17(21)19-13-7-8-24(22,23)10-13/h3-6,13-15H,2,7-10H2,1H3,(H,18,20)(H,19,21). The van der Waals surface area contributed by atoms with Gasteiger partial charge in [-0.15, -0.1) is 0 Å². The Labute approximate surface area is 141 Å². The fourth-order valence-corrected chi connectivity index (χ4v) is 4.72. The van der Waals surface area contributed by atoms with Crippen molar-refractivity contribution in [2.75, 3.05) is 16.8 Å². The number of benzene rings is 1. The number of anilines is 1. The number of carbonyl (C=O) groups is 2. The van der Waals surface area contributed by atoms with E-state index < -0.39 is 9.84 Å². The SMILES string of the molecule is CCc1ccc(NC(=O)C2CC2C(=O)NC2CCS(=O)(=O)C2)cc1. The number of hydrogen-bond acceptors (Lipinski definition) is 4. The first-order chi connectivity index (χ1) is 11.4. The van der Waals surface area contributed by atoms with E-state index in [1.807, 2.05) is 24.3 Å². The van der Waals surface area contributed by atoms with E-state index in [4.69, 9.17) is 0 Å². The normalized spacial score (nSPS) is 27.5. The summed E-state index contributed by atoms with van der Waals surface area (Å²) < 4.78 is 22.8. The number of amides is 2. The summed E-state index contributed by atoms with van der Waals surface area (Å²) >= 11 is 0. The number of sulfone groups is 1. The molecule has 1 aliphatic carbocycles. The molecule has 2 N–H and O–H groups in total. The summed E-state index contributed by atoms with van der Waals surface area (Å²) in [7, 11) is -3.02. The van der Waals surface area contributed by atoms with Crippen LogP contribution in [0.1, 0.15) is 25.3 Å². The first kappa shape index (κ1) is 17.0. The second-order valence-electron chi connectivity index (χ2n) is 6.60. The summed E-state index contributed by atoms with van der Waals surface area (Å²) in [5.41, 5.74) is 1.92. The lowest BCUT2D eigenvalue weighted by molar-refractivity contribution is -0.125. The second kappa shape index (κ2) is 6.55. The van der Waals surface area contributed by atoms with Gasteiger partial charge in [0.1, 0.15) is 0 Å². The first-order valence-corrected chi connectivity index (χ1v) is 10.1. The maximum atomic E-state index is 12.2. The van der Waals surface area contributed by atoms with E-state index in [-0.39, 0.29) is 41.2 Å². The molecule has 2 amide bonds. The summed E-state index contributed by atoms with van der Waals surface area (Å²) in [6.07, 6.45) is 1.92. The Morgan fingerprint density at radius 3 is 2.38 bits per heavy atom. The Bertz CT molecular complexity index is 742. The van der Waals surface area contributed by atoms with Crippen LogP contribution in [0.5, 0.6) is 0 Å². The topological polar surface area (TPSA) is 92.3 Å². The summed E-state index contributed by atoms with van der Waals surface area (Å²) in [5.74, 6) is -0.902. The highest BCUT2D eigenvalue weighted by Crippen LogP contribution is 2.39. The molecule has 3 atom stereocenters. The number of hydrogen-bond donors (Lipinski definition) is 2. The van der Waals surface area contributed by atoms with Gasteiger partial charge in [-0.25, -0.2) is 8.42 Å². The van der Waals surface area contributed by atoms with E-state index in [1.54, 1.807) is 0 Å². The van der Waals surface area contributed by atoms with Crippen LogP contribution in [-0.2, 0) is 25.8 Å². The molecule has 7 heteroatoms. The minimum absolute atomic E-state index is 0.00605. The number of aryl methyl sites for hydroxylation is 1. The van der Waals surface area contributed by atoms with E-state index in [1.165, 1.54) is 5.56 Å². The molecule has 1 aromatic rings. The van der Waals surface area contributed by atoms with Crippen LogP contribution < -0.4 is 10.6 Å². The van der Waals surface area contributed by atoms with Gasteiger partial charge in [-0.2, -0.15) is 0 Å². The van der Waals surface area contributed by atoms with Crippen molar-refractivity contribution < 1.29 is 18.0 Å². The Hall–Kier alpha value is -1.89. The molecule has 0 bridgehead atoms. The third-order valence-corrected chi connectivity index (χ3v) is 6.44. The van der Waals surface area contributed by atoms with E-state index in [2.05, 4.69) is 17.6 Å². The molecule has 3 unspecified atom stereocenters. The summed E-state index contributed by atoms with van der Waals surface area (Å²) in [6.45, 7) is 2.07. The lowest BCUT2D eigenvalue weighted by Crippen LogP contribution is -2.37. The van der Waals surface area contributed by atoms with Crippen molar-refractivity contribution in [2.45, 2.75) is 32.2 Å². The first-order valence-electron chi connectivity index (χ1n) is 8.28. The van der Waals surface area contributed by atoms with Crippen LogP contribution in [0.3, 0.4) is 0 Å². The molecule has 24 heavy (non-hydrogen) atoms. The molecule has 6 nitrogen and oxygen atoms in total. The molecular formula is C17H22N2O4S. The van der Waals surface area contributed by atoms with Crippen LogP contribution in [0, 0.1) is 11.8 Å². The summed E-state index contributed by atoms with van der Waals surface area (Å²) in [6, 6.07) is 7.34. The van der Waals surface area contributed by atoms with E-state index in [9.17, 15) is 18.0 Å². The quantitative estimate of drug-likeness (QED) is 0.832. The van der Waals surface area contributed by atoms with Gasteiger partial charge >= 0.3 is 0 Å². The summed E-state index contributed by atoms with van der Waals surface area (Å²) in [5, 5.41) is 5.59. The molecule has 2 fully saturated rings. The van der Waals surface area contributed by atoms with Gasteiger partial charge in [0.15, 0.2) is 9.84 Å². The average molecular weight is 350 g/mol. The molecular weight excluding hydrogens is 328 g/mol. The molecule has 0 spiro atoms. The van der Waals surface area contributed by atoms with E-state index in [0.29, 0.717) is 12.8 Å². The average Bonchev–Trinajstić information content (AvgIpc) is 3.27. The zero-order valence-corrected chi connectivity index (χ0v) is 14.4. The van der Waals surface area contributed by atoms with E-state index >= 15 is 0 Å². The highest BCUT2D eigenvalue weighted by molar-refractivity contribution is 7.91. The zero-order chi connectivity index (χ0) is 17.3. The Balaban J connectivity index is 1.49. The van der Waals surface area contributed by atoms with Crippen LogP contribution in [0.15, 0.2) is 24.3 Å². The Kier molecular flexibility index (Phi) is 4.62. The van der Waals surface area contributed by atoms with Gasteiger partial charge in [-0.3, -0.25) is 9.59 Å². The minimum atomic E-state index is -3.02. The maximum absolute atomic E-state index is 12.2. The predicted molar refractivity (Wildman–Crippen MR) is 91.2 cm³/mol. The molecule has 1 aromatic carbocycles. The molecule has 1 aliphatic heterocycles. The van der Waals surface area contributed by atoms with E-state index in [0.717, 1.165) is 12.1 Å². The third-order valence-electron chi connectivity index (χ3n) is 4.67. The third kappa shape index (κ3) is 3.95.